The van der Waals surface area contributed by atoms with Gasteiger partial charge in [-0.15, -0.1) is 0 Å². The lowest BCUT2D eigenvalue weighted by Crippen LogP contribution is -2.34. The Labute approximate surface area is 140 Å². The summed E-state index contributed by atoms with van der Waals surface area (Å²) in [4.78, 5) is 17.5. The third-order valence-corrected chi connectivity index (χ3v) is 4.41. The summed E-state index contributed by atoms with van der Waals surface area (Å²) in [5.74, 6) is -0.516. The molecule has 3 rings (SSSR count). The molecular weight excluding hydrogens is 312 g/mol. The first-order valence-corrected chi connectivity index (χ1v) is 7.99. The first-order valence-electron chi connectivity index (χ1n) is 7.62. The summed E-state index contributed by atoms with van der Waals surface area (Å²) in [7, 11) is 0. The van der Waals surface area contributed by atoms with E-state index in [1.807, 2.05) is 18.2 Å². The molecule has 6 heteroatoms. The number of amides is 1. The van der Waals surface area contributed by atoms with Crippen LogP contribution in [0.15, 0.2) is 36.5 Å². The smallest absolute Gasteiger partial charge is 0.267 e. The van der Waals surface area contributed by atoms with Crippen LogP contribution in [-0.4, -0.2) is 35.4 Å². The van der Waals surface area contributed by atoms with Gasteiger partial charge in [0.25, 0.3) is 5.91 Å². The van der Waals surface area contributed by atoms with Crippen molar-refractivity contribution in [3.05, 3.63) is 58.4 Å². The highest BCUT2D eigenvalue weighted by molar-refractivity contribution is 6.31. The zero-order valence-corrected chi connectivity index (χ0v) is 13.5. The van der Waals surface area contributed by atoms with Crippen LogP contribution >= 0.6 is 11.6 Å². The zero-order chi connectivity index (χ0) is 16.2. The molecule has 23 heavy (non-hydrogen) atoms. The third kappa shape index (κ3) is 3.81. The maximum Gasteiger partial charge on any atom is 0.267 e. The van der Waals surface area contributed by atoms with Gasteiger partial charge in [0.2, 0.25) is 0 Å². The Morgan fingerprint density at radius 2 is 2.26 bits per heavy atom. The van der Waals surface area contributed by atoms with Crippen molar-refractivity contribution in [2.45, 2.75) is 13.0 Å². The van der Waals surface area contributed by atoms with Crippen molar-refractivity contribution in [1.82, 2.24) is 9.88 Å². The number of carbonyl (C=O) groups is 1. The normalized spacial score (nSPS) is 14.3. The molecule has 0 bridgehead atoms. The van der Waals surface area contributed by atoms with E-state index in [1.54, 1.807) is 12.3 Å². The Morgan fingerprint density at radius 3 is 3.09 bits per heavy atom. The van der Waals surface area contributed by atoms with E-state index < -0.39 is 5.91 Å². The van der Waals surface area contributed by atoms with E-state index in [4.69, 9.17) is 17.3 Å². The predicted octanol–water partition coefficient (Wildman–Crippen LogP) is 2.30. The van der Waals surface area contributed by atoms with Gasteiger partial charge in [-0.05, 0) is 35.7 Å². The number of primary amides is 1. The van der Waals surface area contributed by atoms with Crippen molar-refractivity contribution in [3.8, 4) is 0 Å². The lowest BCUT2D eigenvalue weighted by atomic mass is 10.00. The molecule has 0 spiro atoms. The molecule has 5 nitrogen and oxygen atoms in total. The van der Waals surface area contributed by atoms with Crippen molar-refractivity contribution < 1.29 is 4.79 Å². The van der Waals surface area contributed by atoms with Crippen LogP contribution in [0.1, 0.15) is 21.6 Å². The molecule has 0 radical (unpaired) electrons. The number of hydrogen-bond acceptors (Lipinski definition) is 4. The van der Waals surface area contributed by atoms with Gasteiger partial charge in [-0.3, -0.25) is 14.7 Å². The monoisotopic (exact) mass is 330 g/mol. The van der Waals surface area contributed by atoms with Crippen molar-refractivity contribution >= 4 is 23.2 Å². The molecule has 0 saturated carbocycles. The Bertz CT molecular complexity index is 719. The molecule has 0 aliphatic carbocycles. The zero-order valence-electron chi connectivity index (χ0n) is 12.8. The van der Waals surface area contributed by atoms with Crippen molar-refractivity contribution in [1.29, 1.82) is 0 Å². The minimum atomic E-state index is -0.516. The highest BCUT2D eigenvalue weighted by Crippen LogP contribution is 2.25. The number of nitrogens with zero attached hydrogens (tertiary/aromatic N) is 2. The number of nitrogens with two attached hydrogens (primary N) is 1. The minimum absolute atomic E-state index is 0.275. The quantitative estimate of drug-likeness (QED) is 0.882. The molecule has 120 valence electrons. The second kappa shape index (κ2) is 6.98. The van der Waals surface area contributed by atoms with Crippen LogP contribution in [0, 0.1) is 0 Å². The average molecular weight is 331 g/mol. The first-order chi connectivity index (χ1) is 11.1. The average Bonchev–Trinajstić information content (AvgIpc) is 2.55. The molecule has 0 saturated heterocycles. The fraction of sp³-hybridized carbons (Fsp3) is 0.294. The number of benzene rings is 1. The summed E-state index contributed by atoms with van der Waals surface area (Å²) in [6.45, 7) is 3.63. The number of carbonyl (C=O) groups excluding carboxylic acids is 1. The second-order valence-electron chi connectivity index (χ2n) is 5.62. The number of hydrogen-bond donors (Lipinski definition) is 2. The van der Waals surface area contributed by atoms with Gasteiger partial charge in [0.15, 0.2) is 0 Å². The number of anilines is 1. The van der Waals surface area contributed by atoms with Crippen LogP contribution in [0.4, 0.5) is 5.69 Å². The molecule has 3 N–H and O–H groups in total. The van der Waals surface area contributed by atoms with Gasteiger partial charge in [-0.1, -0.05) is 23.7 Å². The maximum absolute atomic E-state index is 11.1. The molecular formula is C17H19ClN4O. The highest BCUT2D eigenvalue weighted by atomic mass is 35.5. The topological polar surface area (TPSA) is 71.2 Å². The van der Waals surface area contributed by atoms with Crippen LogP contribution in [0.2, 0.25) is 5.02 Å². The van der Waals surface area contributed by atoms with Crippen LogP contribution in [0.25, 0.3) is 0 Å². The number of fused-ring (bicyclic) bond motifs is 1. The lowest BCUT2D eigenvalue weighted by Gasteiger charge is -2.29. The Hall–Kier alpha value is -2.11. The predicted molar refractivity (Wildman–Crippen MR) is 91.7 cm³/mol. The molecule has 1 amide bonds. The first kappa shape index (κ1) is 15.8. The fourth-order valence-corrected chi connectivity index (χ4v) is 3.13. The third-order valence-electron chi connectivity index (χ3n) is 4.06. The molecule has 1 aromatic carbocycles. The van der Waals surface area contributed by atoms with E-state index in [0.29, 0.717) is 0 Å². The van der Waals surface area contributed by atoms with Gasteiger partial charge >= 0.3 is 0 Å². The lowest BCUT2D eigenvalue weighted by molar-refractivity contribution is 0.0995. The second-order valence-corrected chi connectivity index (χ2v) is 6.03. The summed E-state index contributed by atoms with van der Waals surface area (Å²) in [6, 6.07) is 9.61. The molecule has 0 unspecified atom stereocenters. The fourth-order valence-electron chi connectivity index (χ4n) is 2.85. The van der Waals surface area contributed by atoms with E-state index in [2.05, 4.69) is 21.3 Å². The van der Waals surface area contributed by atoms with Crippen LogP contribution in [0.5, 0.6) is 0 Å². The largest absolute Gasteiger partial charge is 0.384 e. The summed E-state index contributed by atoms with van der Waals surface area (Å²) < 4.78 is 0. The SMILES string of the molecule is NC(=O)c1cc(NCCN2CCc3c(Cl)cccc3C2)ccn1. The molecule has 0 atom stereocenters. The van der Waals surface area contributed by atoms with Crippen molar-refractivity contribution in [3.63, 3.8) is 0 Å². The summed E-state index contributed by atoms with van der Waals surface area (Å²) in [6.07, 6.45) is 2.57. The Kier molecular flexibility index (Phi) is 4.79. The standard InChI is InChI=1S/C17H19ClN4O/c18-15-3-1-2-12-11-22(8-5-14(12)15)9-7-20-13-4-6-21-16(10-13)17(19)23/h1-4,6,10H,5,7-9,11H2,(H2,19,23)(H,20,21). The summed E-state index contributed by atoms with van der Waals surface area (Å²) >= 11 is 6.24. The highest BCUT2D eigenvalue weighted by Gasteiger charge is 2.17. The van der Waals surface area contributed by atoms with E-state index in [9.17, 15) is 4.79 Å². The van der Waals surface area contributed by atoms with E-state index in [1.165, 1.54) is 11.1 Å². The molecule has 1 aliphatic heterocycles. The van der Waals surface area contributed by atoms with Crippen molar-refractivity contribution in [2.24, 2.45) is 5.73 Å². The van der Waals surface area contributed by atoms with Gasteiger partial charge in [0.1, 0.15) is 5.69 Å². The Balaban J connectivity index is 1.54. The summed E-state index contributed by atoms with van der Waals surface area (Å²) in [5, 5.41) is 4.18. The van der Waals surface area contributed by atoms with Gasteiger partial charge in [-0.25, -0.2) is 0 Å². The molecule has 2 heterocycles. The van der Waals surface area contributed by atoms with Crippen LogP contribution in [-0.2, 0) is 13.0 Å². The molecule has 2 aromatic rings. The van der Waals surface area contributed by atoms with Gasteiger partial charge in [-0.2, -0.15) is 0 Å². The molecule has 0 fully saturated rings. The number of halogens is 1. The minimum Gasteiger partial charge on any atom is -0.384 e. The number of nitrogens with one attached hydrogen (secondary N) is 1. The number of aromatic nitrogens is 1. The summed E-state index contributed by atoms with van der Waals surface area (Å²) in [5.41, 5.74) is 8.95. The van der Waals surface area contributed by atoms with Gasteiger partial charge in [0, 0.05) is 43.1 Å². The van der Waals surface area contributed by atoms with E-state index in [0.717, 1.165) is 43.3 Å². The van der Waals surface area contributed by atoms with Crippen molar-refractivity contribution in [2.75, 3.05) is 25.0 Å². The maximum atomic E-state index is 11.1. The van der Waals surface area contributed by atoms with E-state index in [-0.39, 0.29) is 5.69 Å². The Morgan fingerprint density at radius 1 is 1.39 bits per heavy atom. The van der Waals surface area contributed by atoms with Crippen LogP contribution in [0.3, 0.4) is 0 Å². The van der Waals surface area contributed by atoms with E-state index >= 15 is 0 Å². The van der Waals surface area contributed by atoms with Gasteiger partial charge < -0.3 is 11.1 Å². The number of rotatable bonds is 5. The van der Waals surface area contributed by atoms with Gasteiger partial charge in [0.05, 0.1) is 0 Å². The molecule has 1 aromatic heterocycles. The van der Waals surface area contributed by atoms with Crippen LogP contribution < -0.4 is 11.1 Å². The number of pyridine rings is 1. The molecule has 1 aliphatic rings.